The molecule has 1 aromatic carbocycles. The van der Waals surface area contributed by atoms with Crippen molar-refractivity contribution in [2.45, 2.75) is 19.1 Å². The zero-order chi connectivity index (χ0) is 14.4. The number of ether oxygens (including phenoxy) is 2. The fourth-order valence-electron chi connectivity index (χ4n) is 2.16. The number of nitrogens with zero attached hydrogens (tertiary/aromatic N) is 1. The molecule has 19 heavy (non-hydrogen) atoms. The largest absolute Gasteiger partial charge is 0.496 e. The predicted molar refractivity (Wildman–Crippen MR) is 76.7 cm³/mol. The van der Waals surface area contributed by atoms with Gasteiger partial charge in [0.05, 0.1) is 19.8 Å². The van der Waals surface area contributed by atoms with E-state index in [9.17, 15) is 5.11 Å². The fourth-order valence-corrected chi connectivity index (χ4v) is 2.16. The minimum Gasteiger partial charge on any atom is -0.496 e. The van der Waals surface area contributed by atoms with Crippen molar-refractivity contribution >= 4 is 5.69 Å². The van der Waals surface area contributed by atoms with Crippen molar-refractivity contribution in [1.29, 1.82) is 0 Å². The lowest BCUT2D eigenvalue weighted by atomic mass is 10.0. The monoisotopic (exact) mass is 268 g/mol. The lowest BCUT2D eigenvalue weighted by Gasteiger charge is -2.27. The first-order chi connectivity index (χ1) is 9.01. The summed E-state index contributed by atoms with van der Waals surface area (Å²) in [6.45, 7) is 2.70. The van der Waals surface area contributed by atoms with Crippen LogP contribution in [-0.4, -0.2) is 45.6 Å². The van der Waals surface area contributed by atoms with E-state index < -0.39 is 6.10 Å². The molecule has 0 spiro atoms. The maximum absolute atomic E-state index is 9.81. The molecule has 0 aromatic heterocycles. The molecule has 0 radical (unpaired) electrons. The number of anilines is 1. The lowest BCUT2D eigenvalue weighted by Crippen LogP contribution is -2.33. The van der Waals surface area contributed by atoms with E-state index >= 15 is 0 Å². The first-order valence-corrected chi connectivity index (χ1v) is 6.31. The zero-order valence-electron chi connectivity index (χ0n) is 12.1. The summed E-state index contributed by atoms with van der Waals surface area (Å²) in [7, 11) is 5.12. The van der Waals surface area contributed by atoms with Gasteiger partial charge in [-0.3, -0.25) is 0 Å². The van der Waals surface area contributed by atoms with Gasteiger partial charge in [-0.1, -0.05) is 6.07 Å². The smallest absolute Gasteiger partial charge is 0.125 e. The molecule has 5 heteroatoms. The van der Waals surface area contributed by atoms with Crippen molar-refractivity contribution < 1.29 is 14.6 Å². The van der Waals surface area contributed by atoms with E-state index in [2.05, 4.69) is 0 Å². The van der Waals surface area contributed by atoms with E-state index in [0.29, 0.717) is 13.2 Å². The Hall–Kier alpha value is -1.30. The van der Waals surface area contributed by atoms with E-state index in [-0.39, 0.29) is 6.04 Å². The topological polar surface area (TPSA) is 68.0 Å². The number of methoxy groups -OCH3 is 2. The number of benzene rings is 1. The Morgan fingerprint density at radius 2 is 2.05 bits per heavy atom. The second kappa shape index (κ2) is 7.33. The van der Waals surface area contributed by atoms with Gasteiger partial charge in [0.2, 0.25) is 0 Å². The normalized spacial score (nSPS) is 14.0. The number of hydrogen-bond donors (Lipinski definition) is 2. The highest BCUT2D eigenvalue weighted by Gasteiger charge is 2.17. The molecule has 3 N–H and O–H groups in total. The zero-order valence-corrected chi connectivity index (χ0v) is 12.1. The molecule has 108 valence electrons. The van der Waals surface area contributed by atoms with Crippen LogP contribution in [0.4, 0.5) is 5.69 Å². The first-order valence-electron chi connectivity index (χ1n) is 6.31. The summed E-state index contributed by atoms with van der Waals surface area (Å²) in [5.74, 6) is 0.764. The quantitative estimate of drug-likeness (QED) is 0.776. The van der Waals surface area contributed by atoms with E-state index in [0.717, 1.165) is 17.0 Å². The highest BCUT2D eigenvalue weighted by molar-refractivity contribution is 5.60. The summed E-state index contributed by atoms with van der Waals surface area (Å²) in [5, 5.41) is 9.81. The maximum Gasteiger partial charge on any atom is 0.125 e. The van der Waals surface area contributed by atoms with Crippen LogP contribution in [-0.2, 0) is 4.74 Å². The molecule has 0 aliphatic rings. The van der Waals surface area contributed by atoms with Crippen molar-refractivity contribution in [2.24, 2.45) is 5.73 Å². The van der Waals surface area contributed by atoms with Crippen LogP contribution >= 0.6 is 0 Å². The molecule has 0 saturated carbocycles. The Morgan fingerprint density at radius 3 is 2.58 bits per heavy atom. The van der Waals surface area contributed by atoms with Gasteiger partial charge in [-0.05, 0) is 19.1 Å². The summed E-state index contributed by atoms with van der Waals surface area (Å²) in [5.41, 5.74) is 7.93. The minimum absolute atomic E-state index is 0.145. The fraction of sp³-hybridized carbons (Fsp3) is 0.571. The van der Waals surface area contributed by atoms with Crippen molar-refractivity contribution in [3.63, 3.8) is 0 Å². The molecule has 0 amide bonds. The Bertz CT molecular complexity index is 396. The van der Waals surface area contributed by atoms with Gasteiger partial charge in [0, 0.05) is 38.0 Å². The number of likely N-dealkylation sites (N-methyl/N-ethyl adjacent to an activating group) is 1. The van der Waals surface area contributed by atoms with Gasteiger partial charge in [-0.15, -0.1) is 0 Å². The standard InChI is InChI=1S/C14H24N2O3/c1-10(15)14-12(6-5-7-13(14)19-4)16(2)8-11(17)9-18-3/h5-7,10-11,17H,8-9,15H2,1-4H3. The summed E-state index contributed by atoms with van der Waals surface area (Å²) in [6, 6.07) is 5.63. The minimum atomic E-state index is -0.540. The summed E-state index contributed by atoms with van der Waals surface area (Å²) < 4.78 is 10.3. The predicted octanol–water partition coefficient (Wildman–Crippen LogP) is 1.16. The van der Waals surface area contributed by atoms with Crippen molar-refractivity contribution in [3.8, 4) is 5.75 Å². The third-order valence-electron chi connectivity index (χ3n) is 2.97. The van der Waals surface area contributed by atoms with Crippen molar-refractivity contribution in [1.82, 2.24) is 0 Å². The average molecular weight is 268 g/mol. The van der Waals surface area contributed by atoms with E-state index in [1.54, 1.807) is 14.2 Å². The highest BCUT2D eigenvalue weighted by Crippen LogP contribution is 2.33. The van der Waals surface area contributed by atoms with Crippen molar-refractivity contribution in [2.75, 3.05) is 39.3 Å². The highest BCUT2D eigenvalue weighted by atomic mass is 16.5. The van der Waals surface area contributed by atoms with Gasteiger partial charge >= 0.3 is 0 Å². The van der Waals surface area contributed by atoms with E-state index in [4.69, 9.17) is 15.2 Å². The summed E-state index contributed by atoms with van der Waals surface area (Å²) in [6.07, 6.45) is -0.540. The third-order valence-corrected chi connectivity index (χ3v) is 2.97. The van der Waals surface area contributed by atoms with Crippen LogP contribution in [0.3, 0.4) is 0 Å². The number of hydrogen-bond acceptors (Lipinski definition) is 5. The number of rotatable bonds is 7. The van der Waals surface area contributed by atoms with Gasteiger partial charge < -0.3 is 25.2 Å². The molecule has 0 aliphatic heterocycles. The van der Waals surface area contributed by atoms with Crippen LogP contribution in [0.25, 0.3) is 0 Å². The van der Waals surface area contributed by atoms with Crippen LogP contribution in [0.15, 0.2) is 18.2 Å². The second-order valence-corrected chi connectivity index (χ2v) is 4.67. The Kier molecular flexibility index (Phi) is 6.08. The number of aliphatic hydroxyl groups excluding tert-OH is 1. The van der Waals surface area contributed by atoms with Gasteiger partial charge in [0.1, 0.15) is 5.75 Å². The molecule has 1 aromatic rings. The molecule has 0 bridgehead atoms. The Morgan fingerprint density at radius 1 is 1.37 bits per heavy atom. The van der Waals surface area contributed by atoms with Crippen LogP contribution < -0.4 is 15.4 Å². The van der Waals surface area contributed by atoms with Gasteiger partial charge in [0.15, 0.2) is 0 Å². The van der Waals surface area contributed by atoms with Crippen LogP contribution in [0.2, 0.25) is 0 Å². The summed E-state index contributed by atoms with van der Waals surface area (Å²) >= 11 is 0. The van der Waals surface area contributed by atoms with E-state index in [1.165, 1.54) is 0 Å². The van der Waals surface area contributed by atoms with Gasteiger partial charge in [0.25, 0.3) is 0 Å². The SMILES string of the molecule is COCC(O)CN(C)c1cccc(OC)c1C(C)N. The van der Waals surface area contributed by atoms with E-state index in [1.807, 2.05) is 37.1 Å². The summed E-state index contributed by atoms with van der Waals surface area (Å²) in [4.78, 5) is 1.96. The molecule has 0 heterocycles. The van der Waals surface area contributed by atoms with Crippen molar-refractivity contribution in [3.05, 3.63) is 23.8 Å². The second-order valence-electron chi connectivity index (χ2n) is 4.67. The molecule has 0 aliphatic carbocycles. The average Bonchev–Trinajstić information content (AvgIpc) is 2.37. The molecule has 2 atom stereocenters. The lowest BCUT2D eigenvalue weighted by molar-refractivity contribution is 0.0695. The van der Waals surface area contributed by atoms with Crippen LogP contribution in [0, 0.1) is 0 Å². The van der Waals surface area contributed by atoms with Crippen LogP contribution in [0.5, 0.6) is 5.75 Å². The molecule has 0 saturated heterocycles. The third kappa shape index (κ3) is 4.09. The Balaban J connectivity index is 2.98. The van der Waals surface area contributed by atoms with Crippen LogP contribution in [0.1, 0.15) is 18.5 Å². The Labute approximate surface area is 114 Å². The number of nitrogens with two attached hydrogens (primary N) is 1. The van der Waals surface area contributed by atoms with Gasteiger partial charge in [-0.2, -0.15) is 0 Å². The molecule has 5 nitrogen and oxygen atoms in total. The molecule has 2 unspecified atom stereocenters. The molecule has 0 fully saturated rings. The molecular formula is C14H24N2O3. The number of aliphatic hydroxyl groups is 1. The first kappa shape index (κ1) is 15.8. The molecule has 1 rings (SSSR count). The van der Waals surface area contributed by atoms with Gasteiger partial charge in [-0.25, -0.2) is 0 Å². The maximum atomic E-state index is 9.81. The molecular weight excluding hydrogens is 244 g/mol.